The fraction of sp³-hybridized carbons (Fsp3) is 0.235. The Morgan fingerprint density at radius 2 is 1.91 bits per heavy atom. The molecule has 0 amide bonds. The first-order valence-electron chi connectivity index (χ1n) is 6.99. The first-order valence-corrected chi connectivity index (χ1v) is 7.37. The van der Waals surface area contributed by atoms with Crippen LogP contribution >= 0.6 is 24.0 Å². The molecule has 0 saturated heterocycles. The third-order valence-corrected chi connectivity index (χ3v) is 3.90. The SMILES string of the molecule is CCN=C1Nc2ccc(Cl)cc2C(C)(c2ccccc2)O1.Cl. The molecule has 1 unspecified atom stereocenters. The third kappa shape index (κ3) is 2.92. The van der Waals surface area contributed by atoms with Gasteiger partial charge >= 0.3 is 0 Å². The highest BCUT2D eigenvalue weighted by atomic mass is 35.5. The topological polar surface area (TPSA) is 33.6 Å². The van der Waals surface area contributed by atoms with Crippen LogP contribution in [0.4, 0.5) is 5.69 Å². The molecule has 0 fully saturated rings. The van der Waals surface area contributed by atoms with E-state index in [1.165, 1.54) is 0 Å². The standard InChI is InChI=1S/C17H17ClN2O.ClH/c1-3-19-16-20-15-10-9-13(18)11-14(15)17(2,21-16)12-7-5-4-6-8-12;/h4-11H,3H2,1-2H3,(H,19,20);1H. The fourth-order valence-electron chi connectivity index (χ4n) is 2.60. The molecule has 1 heterocycles. The Bertz CT molecular complexity index is 688. The summed E-state index contributed by atoms with van der Waals surface area (Å²) >= 11 is 6.18. The van der Waals surface area contributed by atoms with E-state index in [-0.39, 0.29) is 12.4 Å². The van der Waals surface area contributed by atoms with Gasteiger partial charge in [-0.15, -0.1) is 12.4 Å². The zero-order chi connectivity index (χ0) is 14.9. The third-order valence-electron chi connectivity index (χ3n) is 3.66. The Hall–Kier alpha value is -1.71. The maximum atomic E-state index is 6.18. The van der Waals surface area contributed by atoms with E-state index in [4.69, 9.17) is 16.3 Å². The lowest BCUT2D eigenvalue weighted by atomic mass is 9.86. The summed E-state index contributed by atoms with van der Waals surface area (Å²) in [4.78, 5) is 4.38. The van der Waals surface area contributed by atoms with Crippen LogP contribution in [0.1, 0.15) is 25.0 Å². The average molecular weight is 337 g/mol. The molecular weight excluding hydrogens is 319 g/mol. The minimum absolute atomic E-state index is 0. The number of amidine groups is 1. The Balaban J connectivity index is 0.00000176. The number of hydrogen-bond acceptors (Lipinski definition) is 2. The molecule has 0 bridgehead atoms. The van der Waals surface area contributed by atoms with E-state index < -0.39 is 5.60 Å². The van der Waals surface area contributed by atoms with Crippen LogP contribution < -0.4 is 5.32 Å². The number of anilines is 1. The number of benzene rings is 2. The molecular formula is C17H18Cl2N2O. The molecule has 1 atom stereocenters. The first-order chi connectivity index (χ1) is 10.1. The predicted octanol–water partition coefficient (Wildman–Crippen LogP) is 4.84. The van der Waals surface area contributed by atoms with Gasteiger partial charge in [0.15, 0.2) is 5.60 Å². The van der Waals surface area contributed by atoms with Gasteiger partial charge in [-0.3, -0.25) is 0 Å². The van der Waals surface area contributed by atoms with Gasteiger partial charge in [0.05, 0.1) is 0 Å². The van der Waals surface area contributed by atoms with Crippen molar-refractivity contribution >= 4 is 35.7 Å². The molecule has 1 aliphatic rings. The largest absolute Gasteiger partial charge is 0.449 e. The van der Waals surface area contributed by atoms with Crippen molar-refractivity contribution in [1.82, 2.24) is 0 Å². The smallest absolute Gasteiger partial charge is 0.290 e. The Labute approximate surface area is 141 Å². The highest BCUT2D eigenvalue weighted by molar-refractivity contribution is 6.30. The maximum absolute atomic E-state index is 6.18. The normalized spacial score (nSPS) is 21.3. The molecule has 3 nitrogen and oxygen atoms in total. The number of fused-ring (bicyclic) bond motifs is 1. The second-order valence-corrected chi connectivity index (χ2v) is 5.53. The van der Waals surface area contributed by atoms with Crippen molar-refractivity contribution in [2.75, 3.05) is 11.9 Å². The summed E-state index contributed by atoms with van der Waals surface area (Å²) in [6.45, 7) is 4.69. The molecule has 0 aliphatic carbocycles. The summed E-state index contributed by atoms with van der Waals surface area (Å²) in [7, 11) is 0. The van der Waals surface area contributed by atoms with Crippen LogP contribution in [0.25, 0.3) is 0 Å². The van der Waals surface area contributed by atoms with Gasteiger partial charge in [0, 0.05) is 22.8 Å². The highest BCUT2D eigenvalue weighted by Gasteiger charge is 2.38. The number of nitrogens with zero attached hydrogens (tertiary/aromatic N) is 1. The lowest BCUT2D eigenvalue weighted by Gasteiger charge is -2.38. The molecule has 3 rings (SSSR count). The number of nitrogens with one attached hydrogen (secondary N) is 1. The summed E-state index contributed by atoms with van der Waals surface area (Å²) in [6, 6.07) is 16.4. The monoisotopic (exact) mass is 336 g/mol. The lowest BCUT2D eigenvalue weighted by molar-refractivity contribution is 0.112. The van der Waals surface area contributed by atoms with Crippen molar-refractivity contribution in [1.29, 1.82) is 0 Å². The van der Waals surface area contributed by atoms with Gasteiger partial charge in [0.1, 0.15) is 0 Å². The van der Waals surface area contributed by atoms with Gasteiger partial charge in [-0.1, -0.05) is 41.9 Å². The Morgan fingerprint density at radius 3 is 2.59 bits per heavy atom. The van der Waals surface area contributed by atoms with Crippen LogP contribution in [0.5, 0.6) is 0 Å². The van der Waals surface area contributed by atoms with Gasteiger partial charge in [-0.2, -0.15) is 0 Å². The van der Waals surface area contributed by atoms with Crippen molar-refractivity contribution in [3.8, 4) is 0 Å². The summed E-state index contributed by atoms with van der Waals surface area (Å²) in [5.41, 5.74) is 2.44. The molecule has 2 aromatic rings. The zero-order valence-electron chi connectivity index (χ0n) is 12.5. The number of ether oxygens (including phenoxy) is 1. The van der Waals surface area contributed by atoms with Gasteiger partial charge in [-0.05, 0) is 37.6 Å². The second-order valence-electron chi connectivity index (χ2n) is 5.10. The molecule has 2 aromatic carbocycles. The van der Waals surface area contributed by atoms with E-state index in [0.717, 1.165) is 16.8 Å². The number of hydrogen-bond donors (Lipinski definition) is 1. The highest BCUT2D eigenvalue weighted by Crippen LogP contribution is 2.41. The van der Waals surface area contributed by atoms with Gasteiger partial charge in [0.25, 0.3) is 6.02 Å². The van der Waals surface area contributed by atoms with Gasteiger partial charge in [0.2, 0.25) is 0 Å². The van der Waals surface area contributed by atoms with E-state index in [9.17, 15) is 0 Å². The molecule has 116 valence electrons. The summed E-state index contributed by atoms with van der Waals surface area (Å²) < 4.78 is 6.16. The molecule has 0 radical (unpaired) electrons. The quantitative estimate of drug-likeness (QED) is 0.850. The minimum Gasteiger partial charge on any atom is -0.449 e. The summed E-state index contributed by atoms with van der Waals surface area (Å²) in [5.74, 6) is 0. The molecule has 1 aliphatic heterocycles. The summed E-state index contributed by atoms with van der Waals surface area (Å²) in [6.07, 6.45) is 0. The van der Waals surface area contributed by atoms with Crippen molar-refractivity contribution in [3.05, 3.63) is 64.7 Å². The Kier molecular flexibility index (Phi) is 4.99. The molecule has 22 heavy (non-hydrogen) atoms. The van der Waals surface area contributed by atoms with Crippen LogP contribution in [-0.2, 0) is 10.3 Å². The van der Waals surface area contributed by atoms with E-state index in [1.54, 1.807) is 0 Å². The van der Waals surface area contributed by atoms with Crippen molar-refractivity contribution in [2.24, 2.45) is 4.99 Å². The van der Waals surface area contributed by atoms with Crippen LogP contribution in [0.15, 0.2) is 53.5 Å². The Morgan fingerprint density at radius 1 is 1.18 bits per heavy atom. The molecule has 0 saturated carbocycles. The van der Waals surface area contributed by atoms with Crippen LogP contribution in [-0.4, -0.2) is 12.6 Å². The molecule has 5 heteroatoms. The van der Waals surface area contributed by atoms with Gasteiger partial charge < -0.3 is 10.1 Å². The van der Waals surface area contributed by atoms with Crippen molar-refractivity contribution in [2.45, 2.75) is 19.4 Å². The second kappa shape index (κ2) is 6.59. The average Bonchev–Trinajstić information content (AvgIpc) is 2.49. The predicted molar refractivity (Wildman–Crippen MR) is 94.3 cm³/mol. The number of aliphatic imine (C=N–C) groups is 1. The van der Waals surface area contributed by atoms with Crippen LogP contribution in [0, 0.1) is 0 Å². The fourth-order valence-corrected chi connectivity index (χ4v) is 2.77. The number of halogens is 2. The zero-order valence-corrected chi connectivity index (χ0v) is 14.0. The van der Waals surface area contributed by atoms with Crippen LogP contribution in [0.3, 0.4) is 0 Å². The van der Waals surface area contributed by atoms with Crippen molar-refractivity contribution in [3.63, 3.8) is 0 Å². The molecule has 1 N–H and O–H groups in total. The van der Waals surface area contributed by atoms with E-state index in [0.29, 0.717) is 17.6 Å². The minimum atomic E-state index is -0.610. The molecule has 0 spiro atoms. The van der Waals surface area contributed by atoms with E-state index >= 15 is 0 Å². The van der Waals surface area contributed by atoms with Crippen LogP contribution in [0.2, 0.25) is 5.02 Å². The summed E-state index contributed by atoms with van der Waals surface area (Å²) in [5, 5.41) is 3.91. The lowest BCUT2D eigenvalue weighted by Crippen LogP contribution is -2.39. The van der Waals surface area contributed by atoms with Crippen molar-refractivity contribution < 1.29 is 4.74 Å². The van der Waals surface area contributed by atoms with E-state index in [2.05, 4.69) is 22.4 Å². The number of rotatable bonds is 2. The van der Waals surface area contributed by atoms with E-state index in [1.807, 2.05) is 50.2 Å². The maximum Gasteiger partial charge on any atom is 0.290 e. The first kappa shape index (κ1) is 16.7. The molecule has 0 aromatic heterocycles. The van der Waals surface area contributed by atoms with Gasteiger partial charge in [-0.25, -0.2) is 4.99 Å².